The van der Waals surface area contributed by atoms with Crippen LogP contribution in [-0.2, 0) is 4.79 Å². The number of aliphatic carboxylic acids is 1. The Morgan fingerprint density at radius 3 is 2.73 bits per heavy atom. The molecule has 0 bridgehead atoms. The molecule has 0 saturated carbocycles. The number of benzene rings is 1. The summed E-state index contributed by atoms with van der Waals surface area (Å²) in [6, 6.07) is 6.84. The lowest BCUT2D eigenvalue weighted by Crippen LogP contribution is -2.47. The van der Waals surface area contributed by atoms with Crippen LogP contribution < -0.4 is 5.32 Å². The van der Waals surface area contributed by atoms with Gasteiger partial charge in [-0.25, -0.2) is 4.79 Å². The van der Waals surface area contributed by atoms with Gasteiger partial charge in [0.25, 0.3) is 0 Å². The highest BCUT2D eigenvalue weighted by Crippen LogP contribution is 2.23. The first-order valence-electron chi connectivity index (χ1n) is 7.19. The summed E-state index contributed by atoms with van der Waals surface area (Å²) in [4.78, 5) is 25.0. The third-order valence-electron chi connectivity index (χ3n) is 3.75. The van der Waals surface area contributed by atoms with E-state index in [0.717, 1.165) is 5.56 Å². The van der Waals surface area contributed by atoms with E-state index in [4.69, 9.17) is 10.4 Å². The number of hydrogen-bond donors (Lipinski definition) is 2. The first-order valence-corrected chi connectivity index (χ1v) is 7.19. The second kappa shape index (κ2) is 6.48. The Kier molecular flexibility index (Phi) is 4.66. The Morgan fingerprint density at radius 2 is 2.09 bits per heavy atom. The zero-order chi connectivity index (χ0) is 16.3. The normalized spacial score (nSPS) is 21.0. The molecule has 6 nitrogen and oxygen atoms in total. The summed E-state index contributed by atoms with van der Waals surface area (Å²) in [5.41, 5.74) is 1.90. The summed E-state index contributed by atoms with van der Waals surface area (Å²) >= 11 is 0. The molecule has 116 valence electrons. The van der Waals surface area contributed by atoms with Crippen molar-refractivity contribution in [1.29, 1.82) is 5.26 Å². The van der Waals surface area contributed by atoms with E-state index in [1.165, 1.54) is 4.90 Å². The van der Waals surface area contributed by atoms with Gasteiger partial charge in [-0.15, -0.1) is 0 Å². The highest BCUT2D eigenvalue weighted by Gasteiger charge is 2.31. The summed E-state index contributed by atoms with van der Waals surface area (Å²) in [5, 5.41) is 20.9. The van der Waals surface area contributed by atoms with Gasteiger partial charge in [-0.05, 0) is 43.0 Å². The fourth-order valence-electron chi connectivity index (χ4n) is 2.82. The van der Waals surface area contributed by atoms with Crippen molar-refractivity contribution >= 4 is 17.7 Å². The van der Waals surface area contributed by atoms with Crippen LogP contribution in [-0.4, -0.2) is 35.1 Å². The number of nitrogens with one attached hydrogen (secondary N) is 1. The molecule has 1 aliphatic rings. The molecule has 1 aromatic rings. The maximum Gasteiger partial charge on any atom is 0.321 e. The molecule has 1 fully saturated rings. The van der Waals surface area contributed by atoms with Crippen LogP contribution in [0.5, 0.6) is 0 Å². The van der Waals surface area contributed by atoms with Gasteiger partial charge >= 0.3 is 12.0 Å². The molecule has 2 N–H and O–H groups in total. The highest BCUT2D eigenvalue weighted by molar-refractivity contribution is 5.90. The lowest BCUT2D eigenvalue weighted by Gasteiger charge is -2.34. The number of anilines is 1. The van der Waals surface area contributed by atoms with Gasteiger partial charge in [0.2, 0.25) is 0 Å². The number of nitrogens with zero attached hydrogens (tertiary/aromatic N) is 2. The number of hydrogen-bond acceptors (Lipinski definition) is 3. The van der Waals surface area contributed by atoms with Crippen molar-refractivity contribution < 1.29 is 14.7 Å². The third kappa shape index (κ3) is 3.76. The Hall–Kier alpha value is -2.55. The second-order valence-electron chi connectivity index (χ2n) is 5.91. The molecular formula is C16H19N3O3. The number of carboxylic acid groups (broad SMARTS) is 1. The van der Waals surface area contributed by atoms with Crippen molar-refractivity contribution in [1.82, 2.24) is 4.90 Å². The minimum atomic E-state index is -0.869. The van der Waals surface area contributed by atoms with Gasteiger partial charge in [-0.2, -0.15) is 5.26 Å². The van der Waals surface area contributed by atoms with Gasteiger partial charge in [0.1, 0.15) is 0 Å². The van der Waals surface area contributed by atoms with Crippen molar-refractivity contribution in [3.05, 3.63) is 29.3 Å². The number of carboxylic acids is 1. The second-order valence-corrected chi connectivity index (χ2v) is 5.91. The van der Waals surface area contributed by atoms with Crippen molar-refractivity contribution in [2.75, 3.05) is 18.4 Å². The Balaban J connectivity index is 2.10. The predicted octanol–water partition coefficient (Wildman–Crippen LogP) is 2.44. The number of carbonyl (C=O) groups is 2. The maximum absolute atomic E-state index is 12.3. The van der Waals surface area contributed by atoms with E-state index >= 15 is 0 Å². The standard InChI is InChI=1S/C16H19N3O3/c1-10-3-12(7-17)6-14(5-10)18-16(22)19-8-11(2)4-13(9-19)15(20)21/h3,5-6,11,13H,4,8-9H2,1-2H3,(H,18,22)(H,20,21). The average Bonchev–Trinajstić information content (AvgIpc) is 2.45. The van der Waals surface area contributed by atoms with E-state index in [9.17, 15) is 9.59 Å². The molecule has 1 heterocycles. The number of piperidine rings is 1. The summed E-state index contributed by atoms with van der Waals surface area (Å²) < 4.78 is 0. The number of amides is 2. The maximum atomic E-state index is 12.3. The van der Waals surface area contributed by atoms with E-state index in [0.29, 0.717) is 24.2 Å². The predicted molar refractivity (Wildman–Crippen MR) is 81.4 cm³/mol. The molecule has 0 radical (unpaired) electrons. The molecule has 0 spiro atoms. The fourth-order valence-corrected chi connectivity index (χ4v) is 2.82. The van der Waals surface area contributed by atoms with Crippen LogP contribution in [0.3, 0.4) is 0 Å². The molecule has 0 aromatic heterocycles. The molecule has 2 rings (SSSR count). The van der Waals surface area contributed by atoms with Gasteiger partial charge < -0.3 is 15.3 Å². The molecule has 6 heteroatoms. The fraction of sp³-hybridized carbons (Fsp3) is 0.438. The van der Waals surface area contributed by atoms with Gasteiger partial charge in [0, 0.05) is 18.8 Å². The van der Waals surface area contributed by atoms with Gasteiger partial charge in [0.05, 0.1) is 17.6 Å². The molecule has 1 aromatic carbocycles. The topological polar surface area (TPSA) is 93.4 Å². The van der Waals surface area contributed by atoms with Gasteiger partial charge in [0.15, 0.2) is 0 Å². The Bertz CT molecular complexity index is 636. The zero-order valence-corrected chi connectivity index (χ0v) is 12.7. The lowest BCUT2D eigenvalue weighted by molar-refractivity contribution is -0.143. The smallest absolute Gasteiger partial charge is 0.321 e. The van der Waals surface area contributed by atoms with E-state index in [1.807, 2.05) is 19.9 Å². The number of rotatable bonds is 2. The number of urea groups is 1. The van der Waals surface area contributed by atoms with Gasteiger partial charge in [-0.1, -0.05) is 6.92 Å². The summed E-state index contributed by atoms with van der Waals surface area (Å²) in [7, 11) is 0. The van der Waals surface area contributed by atoms with Crippen molar-refractivity contribution in [2.45, 2.75) is 20.3 Å². The summed E-state index contributed by atoms with van der Waals surface area (Å²) in [6.45, 7) is 4.53. The Labute approximate surface area is 129 Å². The van der Waals surface area contributed by atoms with Crippen LogP contribution in [0.25, 0.3) is 0 Å². The van der Waals surface area contributed by atoms with Crippen LogP contribution in [0.1, 0.15) is 24.5 Å². The molecule has 0 aliphatic carbocycles. The monoisotopic (exact) mass is 301 g/mol. The van der Waals surface area contributed by atoms with Crippen LogP contribution in [0, 0.1) is 30.1 Å². The number of likely N-dealkylation sites (tertiary alicyclic amines) is 1. The minimum absolute atomic E-state index is 0.146. The first-order chi connectivity index (χ1) is 10.4. The molecule has 1 saturated heterocycles. The summed E-state index contributed by atoms with van der Waals surface area (Å²) in [6.07, 6.45) is 0.585. The minimum Gasteiger partial charge on any atom is -0.481 e. The molecule has 2 atom stereocenters. The van der Waals surface area contributed by atoms with Gasteiger partial charge in [-0.3, -0.25) is 4.79 Å². The van der Waals surface area contributed by atoms with Crippen LogP contribution in [0.15, 0.2) is 18.2 Å². The van der Waals surface area contributed by atoms with Crippen LogP contribution >= 0.6 is 0 Å². The molecule has 22 heavy (non-hydrogen) atoms. The zero-order valence-electron chi connectivity index (χ0n) is 12.7. The lowest BCUT2D eigenvalue weighted by atomic mass is 9.91. The Morgan fingerprint density at radius 1 is 1.36 bits per heavy atom. The van der Waals surface area contributed by atoms with E-state index in [2.05, 4.69) is 5.32 Å². The third-order valence-corrected chi connectivity index (χ3v) is 3.75. The number of aryl methyl sites for hydroxylation is 1. The van der Waals surface area contributed by atoms with Crippen molar-refractivity contribution in [2.24, 2.45) is 11.8 Å². The van der Waals surface area contributed by atoms with E-state index < -0.39 is 11.9 Å². The SMILES string of the molecule is Cc1cc(C#N)cc(NC(=O)N2CC(C)CC(C(=O)O)C2)c1. The highest BCUT2D eigenvalue weighted by atomic mass is 16.4. The molecular weight excluding hydrogens is 282 g/mol. The van der Waals surface area contributed by atoms with Crippen molar-refractivity contribution in [3.8, 4) is 6.07 Å². The molecule has 2 unspecified atom stereocenters. The number of nitriles is 1. The average molecular weight is 301 g/mol. The number of carbonyl (C=O) groups excluding carboxylic acids is 1. The summed E-state index contributed by atoms with van der Waals surface area (Å²) in [5.74, 6) is -1.25. The molecule has 1 aliphatic heterocycles. The van der Waals surface area contributed by atoms with E-state index in [1.54, 1.807) is 18.2 Å². The van der Waals surface area contributed by atoms with Crippen LogP contribution in [0.4, 0.5) is 10.5 Å². The quantitative estimate of drug-likeness (QED) is 0.877. The van der Waals surface area contributed by atoms with E-state index in [-0.39, 0.29) is 18.5 Å². The van der Waals surface area contributed by atoms with Crippen LogP contribution in [0.2, 0.25) is 0 Å². The largest absolute Gasteiger partial charge is 0.481 e. The first kappa shape index (κ1) is 15.8. The van der Waals surface area contributed by atoms with Crippen molar-refractivity contribution in [3.63, 3.8) is 0 Å². The molecule has 2 amide bonds.